The summed E-state index contributed by atoms with van der Waals surface area (Å²) in [6.45, 7) is 10.0. The van der Waals surface area contributed by atoms with Crippen LogP contribution in [0.4, 0.5) is 0 Å². The van der Waals surface area contributed by atoms with Crippen molar-refractivity contribution in [3.8, 4) is 0 Å². The normalized spacial score (nSPS) is 28.1. The SMILES string of the molecule is CC1CC(C)CN(C(=O)C(C)N2CCC(N(C)CC(=O)O)CC2)C1. The third-order valence-corrected chi connectivity index (χ3v) is 5.59. The highest BCUT2D eigenvalue weighted by atomic mass is 16.4. The number of carbonyl (C=O) groups excluding carboxylic acids is 1. The van der Waals surface area contributed by atoms with Crippen LogP contribution in [0.5, 0.6) is 0 Å². The van der Waals surface area contributed by atoms with Crippen molar-refractivity contribution in [1.29, 1.82) is 0 Å². The highest BCUT2D eigenvalue weighted by Crippen LogP contribution is 2.23. The highest BCUT2D eigenvalue weighted by molar-refractivity contribution is 5.81. The molecule has 3 unspecified atom stereocenters. The van der Waals surface area contributed by atoms with Crippen molar-refractivity contribution in [2.24, 2.45) is 11.8 Å². The van der Waals surface area contributed by atoms with Gasteiger partial charge in [0.05, 0.1) is 12.6 Å². The van der Waals surface area contributed by atoms with E-state index in [-0.39, 0.29) is 18.5 Å². The van der Waals surface area contributed by atoms with E-state index in [1.807, 2.05) is 23.8 Å². The summed E-state index contributed by atoms with van der Waals surface area (Å²) in [4.78, 5) is 29.9. The molecule has 1 N–H and O–H groups in total. The lowest BCUT2D eigenvalue weighted by Gasteiger charge is -2.41. The van der Waals surface area contributed by atoms with Crippen LogP contribution in [-0.4, -0.2) is 83.5 Å². The topological polar surface area (TPSA) is 64.1 Å². The third kappa shape index (κ3) is 4.93. The van der Waals surface area contributed by atoms with E-state index in [0.29, 0.717) is 17.9 Å². The zero-order valence-corrected chi connectivity index (χ0v) is 15.6. The van der Waals surface area contributed by atoms with Gasteiger partial charge in [-0.15, -0.1) is 0 Å². The van der Waals surface area contributed by atoms with Crippen molar-refractivity contribution in [3.63, 3.8) is 0 Å². The molecule has 0 aromatic carbocycles. The average Bonchev–Trinajstić information content (AvgIpc) is 2.52. The second-order valence-electron chi connectivity index (χ2n) is 7.94. The second-order valence-corrected chi connectivity index (χ2v) is 7.94. The number of hydrogen-bond acceptors (Lipinski definition) is 4. The Hall–Kier alpha value is -1.14. The number of carbonyl (C=O) groups is 2. The Bertz CT molecular complexity index is 439. The number of amides is 1. The summed E-state index contributed by atoms with van der Waals surface area (Å²) in [5.41, 5.74) is 0. The number of likely N-dealkylation sites (tertiary alicyclic amines) is 2. The van der Waals surface area contributed by atoms with Crippen molar-refractivity contribution < 1.29 is 14.7 Å². The molecule has 6 nitrogen and oxygen atoms in total. The van der Waals surface area contributed by atoms with Gasteiger partial charge in [0.25, 0.3) is 0 Å². The Morgan fingerprint density at radius 3 is 2.21 bits per heavy atom. The van der Waals surface area contributed by atoms with Gasteiger partial charge in [0.1, 0.15) is 0 Å². The molecule has 2 aliphatic heterocycles. The second kappa shape index (κ2) is 8.30. The van der Waals surface area contributed by atoms with Crippen molar-refractivity contribution in [3.05, 3.63) is 0 Å². The van der Waals surface area contributed by atoms with E-state index in [2.05, 4.69) is 18.7 Å². The number of carboxylic acid groups (broad SMARTS) is 1. The van der Waals surface area contributed by atoms with Gasteiger partial charge >= 0.3 is 5.97 Å². The molecule has 138 valence electrons. The summed E-state index contributed by atoms with van der Waals surface area (Å²) in [7, 11) is 1.87. The molecular formula is C18H33N3O3. The molecule has 24 heavy (non-hydrogen) atoms. The molecule has 0 radical (unpaired) electrons. The number of piperidine rings is 2. The average molecular weight is 339 g/mol. The van der Waals surface area contributed by atoms with Crippen LogP contribution in [0.3, 0.4) is 0 Å². The van der Waals surface area contributed by atoms with Crippen LogP contribution >= 0.6 is 0 Å². The Morgan fingerprint density at radius 2 is 1.71 bits per heavy atom. The number of aliphatic carboxylic acids is 1. The molecule has 0 aromatic heterocycles. The van der Waals surface area contributed by atoms with Crippen molar-refractivity contribution in [2.75, 3.05) is 39.8 Å². The Morgan fingerprint density at radius 1 is 1.17 bits per heavy atom. The predicted octanol–water partition coefficient (Wildman–Crippen LogP) is 1.36. The van der Waals surface area contributed by atoms with E-state index in [1.54, 1.807) is 0 Å². The smallest absolute Gasteiger partial charge is 0.317 e. The van der Waals surface area contributed by atoms with Crippen molar-refractivity contribution in [2.45, 2.75) is 52.1 Å². The molecule has 2 fully saturated rings. The molecule has 2 heterocycles. The summed E-state index contributed by atoms with van der Waals surface area (Å²) < 4.78 is 0. The minimum absolute atomic E-state index is 0.0757. The number of carboxylic acids is 1. The highest BCUT2D eigenvalue weighted by Gasteiger charge is 2.33. The number of rotatable bonds is 5. The van der Waals surface area contributed by atoms with E-state index in [4.69, 9.17) is 5.11 Å². The monoisotopic (exact) mass is 339 g/mol. The lowest BCUT2D eigenvalue weighted by Crippen LogP contribution is -2.54. The zero-order chi connectivity index (χ0) is 17.9. The first-order valence-electron chi connectivity index (χ1n) is 9.22. The molecule has 0 aromatic rings. The summed E-state index contributed by atoms with van der Waals surface area (Å²) in [6.07, 6.45) is 3.06. The van der Waals surface area contributed by atoms with Crippen LogP contribution in [0, 0.1) is 11.8 Å². The molecule has 0 saturated carbocycles. The van der Waals surface area contributed by atoms with Gasteiger partial charge in [0, 0.05) is 32.2 Å². The number of likely N-dealkylation sites (N-methyl/N-ethyl adjacent to an activating group) is 1. The van der Waals surface area contributed by atoms with Gasteiger partial charge in [-0.2, -0.15) is 0 Å². The minimum Gasteiger partial charge on any atom is -0.480 e. The fourth-order valence-electron chi connectivity index (χ4n) is 4.32. The minimum atomic E-state index is -0.781. The van der Waals surface area contributed by atoms with E-state index >= 15 is 0 Å². The molecule has 0 bridgehead atoms. The molecule has 0 spiro atoms. The zero-order valence-electron chi connectivity index (χ0n) is 15.6. The van der Waals surface area contributed by atoms with Crippen LogP contribution in [0.1, 0.15) is 40.0 Å². The fourth-order valence-corrected chi connectivity index (χ4v) is 4.32. The molecule has 2 aliphatic rings. The van der Waals surface area contributed by atoms with Gasteiger partial charge in [-0.05, 0) is 45.1 Å². The largest absolute Gasteiger partial charge is 0.480 e. The molecule has 6 heteroatoms. The fraction of sp³-hybridized carbons (Fsp3) is 0.889. The van der Waals surface area contributed by atoms with Crippen LogP contribution in [-0.2, 0) is 9.59 Å². The van der Waals surface area contributed by atoms with Gasteiger partial charge in [-0.1, -0.05) is 13.8 Å². The van der Waals surface area contributed by atoms with E-state index in [9.17, 15) is 9.59 Å². The third-order valence-electron chi connectivity index (χ3n) is 5.59. The summed E-state index contributed by atoms with van der Waals surface area (Å²) in [5, 5.41) is 8.91. The lowest BCUT2D eigenvalue weighted by atomic mass is 9.91. The van der Waals surface area contributed by atoms with E-state index in [1.165, 1.54) is 6.42 Å². The van der Waals surface area contributed by atoms with Gasteiger partial charge in [0.15, 0.2) is 0 Å². The lowest BCUT2D eigenvalue weighted by molar-refractivity contribution is -0.140. The quantitative estimate of drug-likeness (QED) is 0.819. The standard InChI is InChI=1S/C18H33N3O3/c1-13-9-14(2)11-21(10-13)18(24)15(3)20-7-5-16(6-8-20)19(4)12-17(22)23/h13-16H,5-12H2,1-4H3,(H,22,23). The molecule has 2 rings (SSSR count). The maximum Gasteiger partial charge on any atom is 0.317 e. The molecular weight excluding hydrogens is 306 g/mol. The number of nitrogens with zero attached hydrogens (tertiary/aromatic N) is 3. The summed E-state index contributed by atoms with van der Waals surface area (Å²) in [6, 6.07) is 0.225. The summed E-state index contributed by atoms with van der Waals surface area (Å²) >= 11 is 0. The van der Waals surface area contributed by atoms with Gasteiger partial charge in [-0.25, -0.2) is 0 Å². The maximum atomic E-state index is 12.8. The van der Waals surface area contributed by atoms with Gasteiger partial charge in [0.2, 0.25) is 5.91 Å². The first-order valence-corrected chi connectivity index (χ1v) is 9.22. The van der Waals surface area contributed by atoms with Crippen LogP contribution < -0.4 is 0 Å². The maximum absolute atomic E-state index is 12.8. The van der Waals surface area contributed by atoms with Crippen molar-refractivity contribution in [1.82, 2.24) is 14.7 Å². The Labute approximate surface area is 145 Å². The first kappa shape index (κ1) is 19.2. The van der Waals surface area contributed by atoms with Gasteiger partial charge < -0.3 is 10.0 Å². The van der Waals surface area contributed by atoms with Crippen LogP contribution in [0.15, 0.2) is 0 Å². The Kier molecular flexibility index (Phi) is 6.63. The number of hydrogen-bond donors (Lipinski definition) is 1. The molecule has 3 atom stereocenters. The Balaban J connectivity index is 1.84. The molecule has 0 aliphatic carbocycles. The van der Waals surface area contributed by atoms with E-state index < -0.39 is 5.97 Å². The van der Waals surface area contributed by atoms with Gasteiger partial charge in [-0.3, -0.25) is 19.4 Å². The van der Waals surface area contributed by atoms with Crippen molar-refractivity contribution >= 4 is 11.9 Å². The molecule has 1 amide bonds. The first-order chi connectivity index (χ1) is 11.3. The van der Waals surface area contributed by atoms with Crippen LogP contribution in [0.2, 0.25) is 0 Å². The summed E-state index contributed by atoms with van der Waals surface area (Å²) in [5.74, 6) is 0.642. The molecule has 2 saturated heterocycles. The van der Waals surface area contributed by atoms with E-state index in [0.717, 1.165) is 39.0 Å². The van der Waals surface area contributed by atoms with Crippen LogP contribution in [0.25, 0.3) is 0 Å². The predicted molar refractivity (Wildman–Crippen MR) is 93.8 cm³/mol.